The van der Waals surface area contributed by atoms with Crippen molar-refractivity contribution in [1.82, 2.24) is 14.8 Å². The van der Waals surface area contributed by atoms with Crippen LogP contribution in [0, 0.1) is 13.8 Å². The number of hydrogen-bond donors (Lipinski definition) is 1. The van der Waals surface area contributed by atoms with Gasteiger partial charge in [0.05, 0.1) is 19.2 Å². The van der Waals surface area contributed by atoms with E-state index in [1.807, 2.05) is 51.1 Å². The van der Waals surface area contributed by atoms with E-state index in [1.165, 1.54) is 0 Å². The summed E-state index contributed by atoms with van der Waals surface area (Å²) in [6, 6.07) is 9.21. The third-order valence-corrected chi connectivity index (χ3v) is 6.84. The van der Waals surface area contributed by atoms with Crippen LogP contribution in [0.25, 0.3) is 0 Å². The van der Waals surface area contributed by atoms with E-state index < -0.39 is 11.6 Å². The van der Waals surface area contributed by atoms with Crippen molar-refractivity contribution in [3.05, 3.63) is 58.4 Å². The van der Waals surface area contributed by atoms with Crippen LogP contribution < -0.4 is 5.32 Å². The van der Waals surface area contributed by atoms with Crippen LogP contribution in [-0.2, 0) is 21.5 Å². The first kappa shape index (κ1) is 22.3. The predicted octanol–water partition coefficient (Wildman–Crippen LogP) is 3.67. The number of ketones is 1. The molecule has 0 unspecified atom stereocenters. The van der Waals surface area contributed by atoms with Gasteiger partial charge < -0.3 is 14.6 Å². The number of methoxy groups -OCH3 is 1. The minimum atomic E-state index is -1.08. The van der Waals surface area contributed by atoms with Gasteiger partial charge >= 0.3 is 6.03 Å². The van der Waals surface area contributed by atoms with Gasteiger partial charge in [-0.05, 0) is 63.6 Å². The fourth-order valence-electron chi connectivity index (χ4n) is 5.40. The number of Topliss-reactive ketones (excluding diaryl/α,β-unsaturated/α-hetero) is 1. The molecule has 32 heavy (non-hydrogen) atoms. The Bertz CT molecular complexity index is 1070. The Labute approximate surface area is 188 Å². The van der Waals surface area contributed by atoms with E-state index in [0.29, 0.717) is 18.6 Å². The highest BCUT2D eigenvalue weighted by atomic mass is 16.5. The van der Waals surface area contributed by atoms with Gasteiger partial charge in [0.1, 0.15) is 5.54 Å². The molecule has 2 aliphatic rings. The molecule has 0 saturated carbocycles. The average molecular weight is 438 g/mol. The van der Waals surface area contributed by atoms with Crippen LogP contribution in [0.3, 0.4) is 0 Å². The van der Waals surface area contributed by atoms with Crippen molar-refractivity contribution in [2.75, 3.05) is 20.3 Å². The van der Waals surface area contributed by atoms with Crippen LogP contribution in [0.4, 0.5) is 4.79 Å². The van der Waals surface area contributed by atoms with E-state index in [1.54, 1.807) is 7.11 Å². The van der Waals surface area contributed by atoms with E-state index in [-0.39, 0.29) is 24.3 Å². The number of carbonyl (C=O) groups is 3. The molecule has 1 aromatic carbocycles. The lowest BCUT2D eigenvalue weighted by atomic mass is 9.84. The summed E-state index contributed by atoms with van der Waals surface area (Å²) in [5.41, 5.74) is 3.17. The predicted molar refractivity (Wildman–Crippen MR) is 121 cm³/mol. The van der Waals surface area contributed by atoms with Gasteiger partial charge in [0.15, 0.2) is 5.78 Å². The molecule has 0 bridgehead atoms. The molecule has 1 saturated heterocycles. The van der Waals surface area contributed by atoms with E-state index >= 15 is 0 Å². The number of urea groups is 1. The van der Waals surface area contributed by atoms with Crippen molar-refractivity contribution in [3.8, 4) is 0 Å². The SMILES string of the molecule is COC[C@@H](C)n1c(C)cc(C(=O)CN2C(=O)N[C@@]3(CCCCc4ccccc43)C2=O)c1C. The number of ether oxygens (including phenoxy) is 1. The number of carbonyl (C=O) groups excluding carboxylic acids is 3. The molecule has 7 nitrogen and oxygen atoms in total. The monoisotopic (exact) mass is 437 g/mol. The number of nitrogens with one attached hydrogen (secondary N) is 1. The number of aromatic nitrogens is 1. The third-order valence-electron chi connectivity index (χ3n) is 6.84. The lowest BCUT2D eigenvalue weighted by Gasteiger charge is -2.27. The first-order valence-electron chi connectivity index (χ1n) is 11.2. The summed E-state index contributed by atoms with van der Waals surface area (Å²) in [5, 5.41) is 2.95. The summed E-state index contributed by atoms with van der Waals surface area (Å²) < 4.78 is 7.33. The maximum absolute atomic E-state index is 13.6. The third kappa shape index (κ3) is 3.54. The summed E-state index contributed by atoms with van der Waals surface area (Å²) in [6.45, 7) is 6.13. The average Bonchev–Trinajstić information content (AvgIpc) is 3.10. The minimum Gasteiger partial charge on any atom is -0.383 e. The first-order chi connectivity index (χ1) is 15.3. The molecule has 2 atom stereocenters. The molecule has 7 heteroatoms. The second-order valence-electron chi connectivity index (χ2n) is 8.97. The van der Waals surface area contributed by atoms with E-state index in [2.05, 4.69) is 9.88 Å². The van der Waals surface area contributed by atoms with Crippen LogP contribution in [0.2, 0.25) is 0 Å². The molecule has 2 aromatic rings. The van der Waals surface area contributed by atoms with Gasteiger partial charge in [-0.1, -0.05) is 24.3 Å². The topological polar surface area (TPSA) is 80.6 Å². The number of nitrogens with zero attached hydrogens (tertiary/aromatic N) is 2. The van der Waals surface area contributed by atoms with Crippen LogP contribution in [-0.4, -0.2) is 47.4 Å². The minimum absolute atomic E-state index is 0.0732. The van der Waals surface area contributed by atoms with Gasteiger partial charge in [0, 0.05) is 24.1 Å². The van der Waals surface area contributed by atoms with Crippen molar-refractivity contribution in [2.24, 2.45) is 0 Å². The van der Waals surface area contributed by atoms with Gasteiger partial charge in [-0.3, -0.25) is 14.5 Å². The lowest BCUT2D eigenvalue weighted by molar-refractivity contribution is -0.131. The Kier molecular flexibility index (Phi) is 5.95. The fourth-order valence-corrected chi connectivity index (χ4v) is 5.40. The molecule has 1 aliphatic heterocycles. The van der Waals surface area contributed by atoms with Crippen molar-refractivity contribution in [2.45, 2.75) is 58.0 Å². The Morgan fingerprint density at radius 2 is 1.97 bits per heavy atom. The number of fused-ring (bicyclic) bond motifs is 2. The summed E-state index contributed by atoms with van der Waals surface area (Å²) in [6.07, 6.45) is 3.22. The zero-order chi connectivity index (χ0) is 23.0. The molecule has 1 N–H and O–H groups in total. The standard InChI is InChI=1S/C25H31N3O4/c1-16-13-20(18(3)28(16)17(2)15-32-4)22(29)14-27-23(30)25(26-24(27)31)12-8-7-10-19-9-5-6-11-21(19)25/h5-6,9,11,13,17H,7-8,10,12,14-15H2,1-4H3,(H,26,31)/t17-,25-/m1/s1. The molecule has 1 aromatic heterocycles. The number of rotatable bonds is 6. The molecule has 170 valence electrons. The van der Waals surface area contributed by atoms with Crippen molar-refractivity contribution in [3.63, 3.8) is 0 Å². The largest absolute Gasteiger partial charge is 0.383 e. The highest BCUT2D eigenvalue weighted by Crippen LogP contribution is 2.39. The molecule has 3 amide bonds. The van der Waals surface area contributed by atoms with Crippen LogP contribution >= 0.6 is 0 Å². The van der Waals surface area contributed by atoms with E-state index in [0.717, 1.165) is 46.7 Å². The maximum atomic E-state index is 13.6. The fraction of sp³-hybridized carbons (Fsp3) is 0.480. The van der Waals surface area contributed by atoms with Crippen LogP contribution in [0.15, 0.2) is 30.3 Å². The highest BCUT2D eigenvalue weighted by Gasteiger charge is 2.53. The molecule has 0 radical (unpaired) electrons. The molecule has 4 rings (SSSR count). The number of benzene rings is 1. The highest BCUT2D eigenvalue weighted by molar-refractivity contribution is 6.11. The molecule has 2 heterocycles. The van der Waals surface area contributed by atoms with E-state index in [4.69, 9.17) is 4.74 Å². The van der Waals surface area contributed by atoms with Crippen molar-refractivity contribution < 1.29 is 19.1 Å². The molecule has 1 fully saturated rings. The lowest BCUT2D eigenvalue weighted by Crippen LogP contribution is -2.44. The number of hydrogen-bond acceptors (Lipinski definition) is 4. The number of amides is 3. The first-order valence-corrected chi connectivity index (χ1v) is 11.2. The maximum Gasteiger partial charge on any atom is 0.325 e. The Morgan fingerprint density at radius 1 is 1.22 bits per heavy atom. The molecular formula is C25H31N3O4. The Hall–Kier alpha value is -2.93. The van der Waals surface area contributed by atoms with Crippen LogP contribution in [0.1, 0.15) is 65.1 Å². The Balaban J connectivity index is 1.62. The van der Waals surface area contributed by atoms with Crippen LogP contribution in [0.5, 0.6) is 0 Å². The molecule has 1 aliphatic carbocycles. The second kappa shape index (κ2) is 8.54. The summed E-state index contributed by atoms with van der Waals surface area (Å²) >= 11 is 0. The number of aryl methyl sites for hydroxylation is 2. The summed E-state index contributed by atoms with van der Waals surface area (Å²) in [7, 11) is 1.65. The molecule has 1 spiro atoms. The van der Waals surface area contributed by atoms with Gasteiger partial charge in [-0.25, -0.2) is 4.79 Å². The smallest absolute Gasteiger partial charge is 0.325 e. The van der Waals surface area contributed by atoms with Crippen molar-refractivity contribution in [1.29, 1.82) is 0 Å². The summed E-state index contributed by atoms with van der Waals surface area (Å²) in [4.78, 5) is 40.8. The second-order valence-corrected chi connectivity index (χ2v) is 8.97. The van der Waals surface area contributed by atoms with Gasteiger partial charge in [-0.15, -0.1) is 0 Å². The van der Waals surface area contributed by atoms with Gasteiger partial charge in [0.25, 0.3) is 5.91 Å². The number of imide groups is 1. The molecular weight excluding hydrogens is 406 g/mol. The van der Waals surface area contributed by atoms with Crippen molar-refractivity contribution >= 4 is 17.7 Å². The summed E-state index contributed by atoms with van der Waals surface area (Å²) in [5.74, 6) is -0.566. The van der Waals surface area contributed by atoms with E-state index in [9.17, 15) is 14.4 Å². The zero-order valence-electron chi connectivity index (χ0n) is 19.2. The zero-order valence-corrected chi connectivity index (χ0v) is 19.2. The van der Waals surface area contributed by atoms with Gasteiger partial charge in [0.2, 0.25) is 0 Å². The van der Waals surface area contributed by atoms with Gasteiger partial charge in [-0.2, -0.15) is 0 Å². The quantitative estimate of drug-likeness (QED) is 0.552. The Morgan fingerprint density at radius 3 is 2.72 bits per heavy atom. The normalized spacial score (nSPS) is 21.4.